The third-order valence-electron chi connectivity index (χ3n) is 1.50. The first kappa shape index (κ1) is 5.23. The van der Waals surface area contributed by atoms with Crippen LogP contribution in [0.15, 0.2) is 0 Å². The first-order valence-corrected chi connectivity index (χ1v) is 21.0. The Morgan fingerprint density at radius 2 is 1.50 bits per heavy atom. The Morgan fingerprint density at radius 3 is 1.67 bits per heavy atom. The molecule has 0 radical (unpaired) electrons. The summed E-state index contributed by atoms with van der Waals surface area (Å²) in [5, 5.41) is 0. The van der Waals surface area contributed by atoms with E-state index in [1.165, 1.54) is 0 Å². The summed E-state index contributed by atoms with van der Waals surface area (Å²) in [5.41, 5.74) is 1.94. The summed E-state index contributed by atoms with van der Waals surface area (Å²) in [6.07, 6.45) is 0. The minimum atomic E-state index is 0.806. The Balaban J connectivity index is 2.00. The molecule has 1 aliphatic heterocycles. The van der Waals surface area contributed by atoms with Crippen molar-refractivity contribution in [3.8, 4) is 0 Å². The smallest absolute Gasteiger partial charge is 0.00115 e. The number of rotatable bonds is 0. The molecule has 0 aromatic carbocycles. The van der Waals surface area contributed by atoms with E-state index in [9.17, 15) is 0 Å². The third-order valence-corrected chi connectivity index (χ3v) is 67.5. The molecule has 0 nitrogen and oxygen atoms in total. The van der Waals surface area contributed by atoms with Crippen LogP contribution in [-0.4, -0.2) is 43.7 Å². The predicted octanol–water partition coefficient (Wildman–Crippen LogP) is -4.12. The van der Waals surface area contributed by atoms with Crippen molar-refractivity contribution < 1.29 is 0 Å². The monoisotopic (exact) mass is 164 g/mol. The quantitative estimate of drug-likeness (QED) is 0.319. The maximum Gasteiger partial charge on any atom is 0.00115 e. The lowest BCUT2D eigenvalue weighted by atomic mass is 11.9. The molecule has 0 saturated carbocycles. The Hall–Kier alpha value is 1.08. The van der Waals surface area contributed by atoms with Gasteiger partial charge in [0.25, 0.3) is 0 Å². The van der Waals surface area contributed by atoms with Gasteiger partial charge < -0.3 is 0 Å². The summed E-state index contributed by atoms with van der Waals surface area (Å²) in [5.74, 6) is 0. The van der Waals surface area contributed by atoms with Gasteiger partial charge >= 0.3 is 0 Å². The third kappa shape index (κ3) is 1.69. The summed E-state index contributed by atoms with van der Waals surface area (Å²) in [7, 11) is 4.29. The van der Waals surface area contributed by atoms with Gasteiger partial charge in [-0.25, -0.2) is 0 Å². The molecular weight excluding hydrogens is 152 g/mol. The van der Waals surface area contributed by atoms with Gasteiger partial charge in [0.2, 0.25) is 0 Å². The van der Waals surface area contributed by atoms with Crippen molar-refractivity contribution in [2.45, 2.75) is 5.67 Å². The van der Waals surface area contributed by atoms with E-state index in [0.717, 1.165) is 43.7 Å². The van der Waals surface area contributed by atoms with Crippen LogP contribution in [0.2, 0.25) is 5.67 Å². The highest BCUT2D eigenvalue weighted by Crippen LogP contribution is 1.76. The normalized spacial score (nSPS) is 44.0. The van der Waals surface area contributed by atoms with Gasteiger partial charge in [-0.1, -0.05) is 5.67 Å². The molecule has 0 amide bonds. The van der Waals surface area contributed by atoms with E-state index in [0.29, 0.717) is 0 Å². The standard InChI is InChI=1S/CH12Si5/c1-2-4-6-5-3-1/h1-6H2. The Labute approximate surface area is 49.8 Å². The van der Waals surface area contributed by atoms with Crippen LogP contribution in [0.4, 0.5) is 0 Å². The minimum absolute atomic E-state index is 0.806. The fourth-order valence-corrected chi connectivity index (χ4v) is 115. The molecule has 1 aliphatic rings. The molecule has 1 rings (SSSR count). The molecule has 6 heavy (non-hydrogen) atoms. The Bertz CT molecular complexity index is 19.4. The predicted molar refractivity (Wildman–Crippen MR) is 47.5 cm³/mol. The lowest BCUT2D eigenvalue weighted by Crippen LogP contribution is -2.30. The fourth-order valence-electron chi connectivity index (χ4n) is 1.06. The molecule has 0 bridgehead atoms. The molecule has 5 heteroatoms. The zero-order valence-corrected chi connectivity index (χ0v) is 11.3. The molecule has 0 unspecified atom stereocenters. The molecule has 1 heterocycles. The maximum atomic E-state index is 1.94. The van der Waals surface area contributed by atoms with Crippen LogP contribution < -0.4 is 0 Å². The summed E-state index contributed by atoms with van der Waals surface area (Å²) in [6, 6.07) is 0. The van der Waals surface area contributed by atoms with Gasteiger partial charge in [0.1, 0.15) is 0 Å². The summed E-state index contributed by atoms with van der Waals surface area (Å²) in [6.45, 7) is 0. The first-order chi connectivity index (χ1) is 3.00. The van der Waals surface area contributed by atoms with Crippen LogP contribution in [0.1, 0.15) is 0 Å². The van der Waals surface area contributed by atoms with E-state index < -0.39 is 0 Å². The molecule has 0 spiro atoms. The second-order valence-electron chi connectivity index (χ2n) is 2.12. The molecule has 1 saturated heterocycles. The zero-order valence-electron chi connectivity index (χ0n) is 4.24. The first-order valence-electron chi connectivity index (χ1n) is 3.00. The Morgan fingerprint density at radius 1 is 0.833 bits per heavy atom. The number of hydrogen-bond acceptors (Lipinski definition) is 0. The van der Waals surface area contributed by atoms with E-state index in [2.05, 4.69) is 0 Å². The van der Waals surface area contributed by atoms with E-state index in [1.54, 1.807) is 0 Å². The molecular formula is CH12Si5. The van der Waals surface area contributed by atoms with E-state index >= 15 is 0 Å². The summed E-state index contributed by atoms with van der Waals surface area (Å²) in [4.78, 5) is 0. The minimum Gasteiger partial charge on any atom is -0.0771 e. The van der Waals surface area contributed by atoms with Gasteiger partial charge in [0.15, 0.2) is 0 Å². The molecule has 0 aromatic rings. The molecule has 0 aromatic heterocycles. The molecule has 1 fully saturated rings. The zero-order chi connectivity index (χ0) is 4.24. The van der Waals surface area contributed by atoms with Crippen LogP contribution in [0, 0.1) is 0 Å². The van der Waals surface area contributed by atoms with Crippen LogP contribution in [0.25, 0.3) is 0 Å². The van der Waals surface area contributed by atoms with Crippen LogP contribution in [-0.2, 0) is 0 Å². The Kier molecular flexibility index (Phi) is 2.73. The topological polar surface area (TPSA) is 0 Å². The highest BCUT2D eigenvalue weighted by molar-refractivity contribution is 7.57. The summed E-state index contributed by atoms with van der Waals surface area (Å²) < 4.78 is 0. The van der Waals surface area contributed by atoms with Gasteiger partial charge in [-0.3, -0.25) is 0 Å². The summed E-state index contributed by atoms with van der Waals surface area (Å²) >= 11 is 0. The highest BCUT2D eigenvalue weighted by atomic mass is 29.8. The van der Waals surface area contributed by atoms with Gasteiger partial charge in [-0.15, -0.1) is 0 Å². The second kappa shape index (κ2) is 3.13. The molecule has 0 N–H and O–H groups in total. The molecule has 36 valence electrons. The van der Waals surface area contributed by atoms with Crippen molar-refractivity contribution in [3.63, 3.8) is 0 Å². The van der Waals surface area contributed by atoms with Gasteiger partial charge in [-0.05, 0) is 25.7 Å². The van der Waals surface area contributed by atoms with Gasteiger partial charge in [-0.2, -0.15) is 0 Å². The van der Waals surface area contributed by atoms with Crippen molar-refractivity contribution in [3.05, 3.63) is 0 Å². The van der Waals surface area contributed by atoms with E-state index in [-0.39, 0.29) is 0 Å². The molecule has 0 atom stereocenters. The lowest BCUT2D eigenvalue weighted by Gasteiger charge is -2.02. The van der Waals surface area contributed by atoms with Crippen molar-refractivity contribution in [2.24, 2.45) is 0 Å². The average molecular weight is 165 g/mol. The van der Waals surface area contributed by atoms with Crippen LogP contribution >= 0.6 is 0 Å². The van der Waals surface area contributed by atoms with Crippen LogP contribution in [0.3, 0.4) is 0 Å². The van der Waals surface area contributed by atoms with E-state index in [1.807, 2.05) is 5.67 Å². The highest BCUT2D eigenvalue weighted by Gasteiger charge is 1.99. The van der Waals surface area contributed by atoms with Crippen molar-refractivity contribution in [2.75, 3.05) is 0 Å². The van der Waals surface area contributed by atoms with Crippen molar-refractivity contribution >= 4 is 43.7 Å². The van der Waals surface area contributed by atoms with E-state index in [4.69, 9.17) is 0 Å². The largest absolute Gasteiger partial charge is 0.0771 e. The molecule has 0 aliphatic carbocycles. The lowest BCUT2D eigenvalue weighted by molar-refractivity contribution is 2.09. The number of hydrogen-bond donors (Lipinski definition) is 0. The van der Waals surface area contributed by atoms with Crippen molar-refractivity contribution in [1.29, 1.82) is 0 Å². The second-order valence-corrected chi connectivity index (χ2v) is 38.2. The van der Waals surface area contributed by atoms with Crippen LogP contribution in [0.5, 0.6) is 0 Å². The van der Waals surface area contributed by atoms with Gasteiger partial charge in [0, 0.05) is 18.1 Å². The SMILES string of the molecule is C1[SiH2][SiH2][SiH2][SiH2][SiH2]1. The van der Waals surface area contributed by atoms with Gasteiger partial charge in [0.05, 0.1) is 0 Å². The maximum absolute atomic E-state index is 1.94. The fraction of sp³-hybridized carbons (Fsp3) is 1.00. The average Bonchev–Trinajstić information content (AvgIpc) is 1.72. The van der Waals surface area contributed by atoms with Crippen molar-refractivity contribution in [1.82, 2.24) is 0 Å².